The Kier molecular flexibility index (Phi) is 22.7. The molecule has 67 heavy (non-hydrogen) atoms. The average molecular weight is 943 g/mol. The Morgan fingerprint density at radius 3 is 2.16 bits per heavy atom. The predicted octanol–water partition coefficient (Wildman–Crippen LogP) is 0.882. The van der Waals surface area contributed by atoms with Crippen LogP contribution in [-0.2, 0) is 54.3 Å². The molecule has 0 aromatic heterocycles. The van der Waals surface area contributed by atoms with Gasteiger partial charge in [0.1, 0.15) is 54.6 Å². The summed E-state index contributed by atoms with van der Waals surface area (Å²) < 4.78 is 5.85. The minimum Gasteiger partial charge on any atom is -0.481 e. The van der Waals surface area contributed by atoms with Crippen molar-refractivity contribution in [2.24, 2.45) is 11.8 Å². The third-order valence-corrected chi connectivity index (χ3v) is 12.0. The number of cyclic esters (lactones) is 1. The van der Waals surface area contributed by atoms with Crippen molar-refractivity contribution in [2.75, 3.05) is 20.6 Å². The number of aliphatic hydroxyl groups excluding tert-OH is 1. The van der Waals surface area contributed by atoms with Crippen LogP contribution in [0, 0.1) is 11.8 Å². The highest BCUT2D eigenvalue weighted by molar-refractivity contribution is 5.98. The number of carbonyl (C=O) groups is 9. The zero-order valence-corrected chi connectivity index (χ0v) is 40.3. The summed E-state index contributed by atoms with van der Waals surface area (Å²) in [7, 11) is 3.15. The van der Waals surface area contributed by atoms with Crippen LogP contribution in [0.25, 0.3) is 0 Å². The molecule has 0 spiro atoms. The SMILES string of the molecule is CCCCCC(=O)N[C@@H](CC(=O)O)C(=O)N[C@H]1C(=O)N[C@H](CCCCNC)C(=O)N[C@H]2CC[C@H](O)N(C2=O)[C@@H](CC(C)C)C(=O)N(C)[C@H](Cc2ccccc2)C(=O)N[C@H](C(C)C)C(=O)O[C@@H]1C. The zero-order chi connectivity index (χ0) is 50.0. The van der Waals surface area contributed by atoms with Gasteiger partial charge in [-0.2, -0.15) is 0 Å². The van der Waals surface area contributed by atoms with Crippen LogP contribution in [0.4, 0.5) is 0 Å². The minimum atomic E-state index is -1.80. The summed E-state index contributed by atoms with van der Waals surface area (Å²) in [5.74, 6) is -8.93. The van der Waals surface area contributed by atoms with Gasteiger partial charge in [0.2, 0.25) is 41.4 Å². The number of hydrogen-bond acceptors (Lipinski definition) is 12. The van der Waals surface area contributed by atoms with Gasteiger partial charge < -0.3 is 56.7 Å². The smallest absolute Gasteiger partial charge is 0.329 e. The van der Waals surface area contributed by atoms with Crippen LogP contribution in [0.1, 0.15) is 118 Å². The van der Waals surface area contributed by atoms with Gasteiger partial charge in [0.05, 0.1) is 6.42 Å². The van der Waals surface area contributed by atoms with Gasteiger partial charge in [-0.1, -0.05) is 77.8 Å². The van der Waals surface area contributed by atoms with Crippen LogP contribution in [0.15, 0.2) is 30.3 Å². The second-order valence-electron chi connectivity index (χ2n) is 18.4. The summed E-state index contributed by atoms with van der Waals surface area (Å²) in [4.78, 5) is 128. The minimum absolute atomic E-state index is 0.0105. The normalized spacial score (nSPS) is 25.2. The van der Waals surface area contributed by atoms with E-state index in [0.717, 1.165) is 11.3 Å². The van der Waals surface area contributed by atoms with E-state index in [-0.39, 0.29) is 44.4 Å². The lowest BCUT2D eigenvalue weighted by Gasteiger charge is -2.43. The molecular formula is C47H74N8O12. The highest BCUT2D eigenvalue weighted by Gasteiger charge is 2.46. The summed E-state index contributed by atoms with van der Waals surface area (Å²) in [5, 5.41) is 37.1. The number of nitrogens with zero attached hydrogens (tertiary/aromatic N) is 2. The molecule has 3 rings (SSSR count). The third-order valence-electron chi connectivity index (χ3n) is 12.0. The summed E-state index contributed by atoms with van der Waals surface area (Å²) in [6.45, 7) is 10.7. The number of aliphatic hydroxyl groups is 1. The fraction of sp³-hybridized carbons (Fsp3) is 0.681. The van der Waals surface area contributed by atoms with Gasteiger partial charge in [-0.15, -0.1) is 0 Å². The third kappa shape index (κ3) is 16.9. The number of nitrogens with one attached hydrogen (secondary N) is 6. The van der Waals surface area contributed by atoms with Gasteiger partial charge in [-0.05, 0) is 82.9 Å². The fourth-order valence-electron chi connectivity index (χ4n) is 8.17. The number of amides is 7. The molecule has 8 N–H and O–H groups in total. The number of unbranched alkanes of at least 4 members (excludes halogenated alkanes) is 3. The van der Waals surface area contributed by atoms with Crippen molar-refractivity contribution in [3.05, 3.63) is 35.9 Å². The summed E-state index contributed by atoms with van der Waals surface area (Å²) in [6.07, 6.45) is -0.778. The molecule has 2 aliphatic heterocycles. The number of carbonyl (C=O) groups excluding carboxylic acids is 8. The van der Waals surface area contributed by atoms with Gasteiger partial charge in [0.15, 0.2) is 0 Å². The maximum atomic E-state index is 14.8. The number of carboxylic acids is 1. The molecule has 2 fully saturated rings. The molecule has 20 nitrogen and oxygen atoms in total. The maximum absolute atomic E-state index is 14.8. The number of aliphatic carboxylic acids is 1. The maximum Gasteiger partial charge on any atom is 0.329 e. The van der Waals surface area contributed by atoms with Crippen LogP contribution < -0.4 is 31.9 Å². The van der Waals surface area contributed by atoms with E-state index >= 15 is 0 Å². The van der Waals surface area contributed by atoms with Crippen molar-refractivity contribution in [1.82, 2.24) is 41.7 Å². The first-order chi connectivity index (χ1) is 31.7. The van der Waals surface area contributed by atoms with E-state index in [1.165, 1.54) is 18.9 Å². The second kappa shape index (κ2) is 27.2. The highest BCUT2D eigenvalue weighted by Crippen LogP contribution is 2.26. The Morgan fingerprint density at radius 1 is 0.866 bits per heavy atom. The van der Waals surface area contributed by atoms with Crippen LogP contribution in [0.3, 0.4) is 0 Å². The fourth-order valence-corrected chi connectivity index (χ4v) is 8.17. The Bertz CT molecular complexity index is 1870. The largest absolute Gasteiger partial charge is 0.481 e. The van der Waals surface area contributed by atoms with Crippen molar-refractivity contribution < 1.29 is 58.1 Å². The van der Waals surface area contributed by atoms with Crippen molar-refractivity contribution in [3.63, 3.8) is 0 Å². The van der Waals surface area contributed by atoms with Gasteiger partial charge in [-0.25, -0.2) is 4.79 Å². The number of hydrogen-bond donors (Lipinski definition) is 8. The molecule has 2 bridgehead atoms. The number of benzene rings is 1. The lowest BCUT2D eigenvalue weighted by molar-refractivity contribution is -0.166. The van der Waals surface area contributed by atoms with Crippen molar-refractivity contribution in [3.8, 4) is 0 Å². The quantitative estimate of drug-likeness (QED) is 0.0708. The number of fused-ring (bicyclic) bond motifs is 2. The van der Waals surface area contributed by atoms with Crippen molar-refractivity contribution in [1.29, 1.82) is 0 Å². The van der Waals surface area contributed by atoms with Crippen LogP contribution in [0.2, 0.25) is 0 Å². The lowest BCUT2D eigenvalue weighted by Crippen LogP contribution is -2.65. The molecule has 2 aliphatic rings. The topological polar surface area (TPSA) is 282 Å². The van der Waals surface area contributed by atoms with Gasteiger partial charge >= 0.3 is 11.9 Å². The summed E-state index contributed by atoms with van der Waals surface area (Å²) in [5.41, 5.74) is 0.665. The number of carboxylic acid groups (broad SMARTS) is 1. The van der Waals surface area contributed by atoms with Crippen LogP contribution >= 0.6 is 0 Å². The van der Waals surface area contributed by atoms with E-state index in [1.807, 2.05) is 20.8 Å². The molecular weight excluding hydrogens is 869 g/mol. The first-order valence-corrected chi connectivity index (χ1v) is 23.6. The number of esters is 1. The summed E-state index contributed by atoms with van der Waals surface area (Å²) in [6, 6.07) is -1.13. The zero-order valence-electron chi connectivity index (χ0n) is 40.3. The Morgan fingerprint density at radius 2 is 1.55 bits per heavy atom. The Hall–Kier alpha value is -5.63. The molecule has 2 heterocycles. The van der Waals surface area contributed by atoms with Crippen molar-refractivity contribution in [2.45, 2.75) is 173 Å². The van der Waals surface area contributed by atoms with Crippen LogP contribution in [0.5, 0.6) is 0 Å². The highest BCUT2D eigenvalue weighted by atomic mass is 16.5. The van der Waals surface area contributed by atoms with Gasteiger partial charge in [0.25, 0.3) is 0 Å². The first-order valence-electron chi connectivity index (χ1n) is 23.6. The number of ether oxygens (including phenoxy) is 1. The van der Waals surface area contributed by atoms with E-state index in [9.17, 15) is 53.4 Å². The number of likely N-dealkylation sites (N-methyl/N-ethyl adjacent to an activating group) is 1. The molecule has 1 aromatic carbocycles. The first kappa shape index (κ1) is 55.7. The molecule has 374 valence electrons. The van der Waals surface area contributed by atoms with E-state index in [4.69, 9.17) is 4.74 Å². The lowest BCUT2D eigenvalue weighted by atomic mass is 9.94. The molecule has 0 saturated carbocycles. The van der Waals surface area contributed by atoms with E-state index in [0.29, 0.717) is 37.8 Å². The molecule has 0 unspecified atom stereocenters. The van der Waals surface area contributed by atoms with Gasteiger partial charge in [0, 0.05) is 19.9 Å². The van der Waals surface area contributed by atoms with E-state index in [2.05, 4.69) is 31.9 Å². The van der Waals surface area contributed by atoms with Crippen molar-refractivity contribution >= 4 is 53.3 Å². The molecule has 20 heteroatoms. The summed E-state index contributed by atoms with van der Waals surface area (Å²) >= 11 is 0. The predicted molar refractivity (Wildman–Crippen MR) is 246 cm³/mol. The molecule has 9 atom stereocenters. The van der Waals surface area contributed by atoms with E-state index < -0.39 is 120 Å². The molecule has 0 aliphatic carbocycles. The van der Waals surface area contributed by atoms with Crippen LogP contribution in [-0.4, -0.2) is 149 Å². The monoisotopic (exact) mass is 943 g/mol. The Labute approximate surface area is 393 Å². The number of rotatable bonds is 19. The number of piperidine rings is 1. The second-order valence-corrected chi connectivity index (χ2v) is 18.4. The average Bonchev–Trinajstić information content (AvgIpc) is 3.26. The van der Waals surface area contributed by atoms with E-state index in [1.54, 1.807) is 51.2 Å². The Balaban J connectivity index is 2.21. The van der Waals surface area contributed by atoms with Gasteiger partial charge in [-0.3, -0.25) is 38.4 Å². The molecule has 2 saturated heterocycles. The molecule has 7 amide bonds. The molecule has 1 aromatic rings. The standard InChI is InChI=1S/C47H74N8O12/c1-9-10-12-20-36(56)49-33(26-38(58)59)42(61)53-40-29(6)67-47(66)39(28(4)5)52-43(62)34(25-30-17-13-11-14-18-30)54(8)46(65)35(24-27(2)3)55-37(57)22-21-32(45(55)64)51-41(60)31(50-44(40)63)19-15-16-23-48-7/h11,13-14,17-18,27-29,31-35,37,39-40,48,57H,9-10,12,15-16,19-26H2,1-8H3,(H,49,56)(H,50,63)(H,51,60)(H,52,62)(H,53,61)(H,58,59)/t29-,31-,32+,33+,34-,35+,37+,39-,40-/m1/s1. The molecule has 0 radical (unpaired) electrons.